The third-order valence-electron chi connectivity index (χ3n) is 3.03. The third-order valence-corrected chi connectivity index (χ3v) is 3.03. The summed E-state index contributed by atoms with van der Waals surface area (Å²) in [5.74, 6) is -0.265. The van der Waals surface area contributed by atoms with E-state index in [-0.39, 0.29) is 13.0 Å². The number of likely N-dealkylation sites (tertiary alicyclic amines) is 1. The van der Waals surface area contributed by atoms with Crippen LogP contribution in [0.25, 0.3) is 0 Å². The smallest absolute Gasteiger partial charge is 0.303 e. The molecule has 0 bridgehead atoms. The van der Waals surface area contributed by atoms with Crippen molar-refractivity contribution in [3.8, 4) is 0 Å². The molecule has 1 heterocycles. The van der Waals surface area contributed by atoms with Crippen molar-refractivity contribution in [2.45, 2.75) is 25.3 Å². The highest BCUT2D eigenvalue weighted by atomic mass is 16.4. The highest BCUT2D eigenvalue weighted by molar-refractivity contribution is 5.66. The lowest BCUT2D eigenvalue weighted by Gasteiger charge is -2.36. The van der Waals surface area contributed by atoms with Crippen molar-refractivity contribution in [1.82, 2.24) is 10.2 Å². The zero-order valence-corrected chi connectivity index (χ0v) is 9.85. The number of aliphatic hydroxyl groups excluding tert-OH is 1. The van der Waals surface area contributed by atoms with Crippen LogP contribution in [0.3, 0.4) is 0 Å². The van der Waals surface area contributed by atoms with Crippen LogP contribution in [0.5, 0.6) is 0 Å². The largest absolute Gasteiger partial charge is 0.481 e. The van der Waals surface area contributed by atoms with Crippen LogP contribution in [0.2, 0.25) is 0 Å². The molecule has 0 saturated carbocycles. The molecule has 1 aliphatic heterocycles. The first-order valence-corrected chi connectivity index (χ1v) is 5.86. The molecule has 0 aliphatic carbocycles. The summed E-state index contributed by atoms with van der Waals surface area (Å²) in [5, 5.41) is 20.7. The summed E-state index contributed by atoms with van der Waals surface area (Å²) in [5.41, 5.74) is 0. The standard InChI is InChI=1S/C11H22N2O3/c1-13-7-9(2-3-11(15)16)6-10(8-13)12-4-5-14/h9-10,12,14H,2-8H2,1H3,(H,15,16). The first-order valence-electron chi connectivity index (χ1n) is 5.86. The molecule has 16 heavy (non-hydrogen) atoms. The topological polar surface area (TPSA) is 72.8 Å². The molecule has 94 valence electrons. The van der Waals surface area contributed by atoms with Crippen molar-refractivity contribution >= 4 is 5.97 Å². The fraction of sp³-hybridized carbons (Fsp3) is 0.909. The van der Waals surface area contributed by atoms with Crippen LogP contribution in [0, 0.1) is 5.92 Å². The Bertz CT molecular complexity index is 223. The maximum Gasteiger partial charge on any atom is 0.303 e. The Morgan fingerprint density at radius 2 is 2.25 bits per heavy atom. The maximum absolute atomic E-state index is 10.5. The second kappa shape index (κ2) is 6.83. The summed E-state index contributed by atoms with van der Waals surface area (Å²) in [6.07, 6.45) is 2.01. The van der Waals surface area contributed by atoms with Crippen LogP contribution in [0.1, 0.15) is 19.3 Å². The molecule has 0 aromatic rings. The monoisotopic (exact) mass is 230 g/mol. The number of likely N-dealkylation sites (N-methyl/N-ethyl adjacent to an activating group) is 1. The minimum Gasteiger partial charge on any atom is -0.481 e. The zero-order valence-electron chi connectivity index (χ0n) is 9.85. The number of hydrogen-bond acceptors (Lipinski definition) is 4. The van der Waals surface area contributed by atoms with Crippen LogP contribution >= 0.6 is 0 Å². The molecule has 0 spiro atoms. The number of carboxylic acid groups (broad SMARTS) is 1. The molecule has 0 aromatic heterocycles. The number of rotatable bonds is 6. The maximum atomic E-state index is 10.5. The lowest BCUT2D eigenvalue weighted by atomic mass is 9.90. The van der Waals surface area contributed by atoms with Crippen LogP contribution < -0.4 is 5.32 Å². The molecule has 0 aromatic carbocycles. The van der Waals surface area contributed by atoms with Gasteiger partial charge in [-0.2, -0.15) is 0 Å². The minimum atomic E-state index is -0.715. The van der Waals surface area contributed by atoms with E-state index >= 15 is 0 Å². The number of piperidine rings is 1. The molecule has 1 fully saturated rings. The Hall–Kier alpha value is -0.650. The fourth-order valence-electron chi connectivity index (χ4n) is 2.40. The summed E-state index contributed by atoms with van der Waals surface area (Å²) in [4.78, 5) is 12.7. The number of aliphatic carboxylic acids is 1. The summed E-state index contributed by atoms with van der Waals surface area (Å²) < 4.78 is 0. The molecular formula is C11H22N2O3. The number of hydrogen-bond donors (Lipinski definition) is 3. The molecule has 1 saturated heterocycles. The SMILES string of the molecule is CN1CC(CCC(=O)O)CC(NCCO)C1. The molecule has 1 aliphatic rings. The van der Waals surface area contributed by atoms with E-state index < -0.39 is 5.97 Å². The molecule has 0 amide bonds. The number of nitrogens with zero attached hydrogens (tertiary/aromatic N) is 1. The number of aliphatic hydroxyl groups is 1. The summed E-state index contributed by atoms with van der Waals surface area (Å²) in [7, 11) is 2.06. The number of carbonyl (C=O) groups is 1. The van der Waals surface area contributed by atoms with Gasteiger partial charge in [0.25, 0.3) is 0 Å². The molecule has 2 atom stereocenters. The summed E-state index contributed by atoms with van der Waals surface area (Å²) in [6, 6.07) is 0.379. The lowest BCUT2D eigenvalue weighted by Crippen LogP contribution is -2.48. The van der Waals surface area contributed by atoms with E-state index in [4.69, 9.17) is 10.2 Å². The highest BCUT2D eigenvalue weighted by Crippen LogP contribution is 2.20. The van der Waals surface area contributed by atoms with Crippen molar-refractivity contribution in [3.63, 3.8) is 0 Å². The average Bonchev–Trinajstić information content (AvgIpc) is 2.23. The minimum absolute atomic E-state index is 0.153. The van der Waals surface area contributed by atoms with Gasteiger partial charge in [-0.1, -0.05) is 0 Å². The van der Waals surface area contributed by atoms with E-state index in [0.29, 0.717) is 18.5 Å². The zero-order chi connectivity index (χ0) is 12.0. The van der Waals surface area contributed by atoms with Gasteiger partial charge in [-0.15, -0.1) is 0 Å². The normalized spacial score (nSPS) is 26.9. The van der Waals surface area contributed by atoms with Crippen molar-refractivity contribution in [1.29, 1.82) is 0 Å². The van der Waals surface area contributed by atoms with Crippen molar-refractivity contribution < 1.29 is 15.0 Å². The average molecular weight is 230 g/mol. The van der Waals surface area contributed by atoms with Crippen LogP contribution in [0.4, 0.5) is 0 Å². The molecular weight excluding hydrogens is 208 g/mol. The Kier molecular flexibility index (Phi) is 5.73. The molecule has 3 N–H and O–H groups in total. The first-order chi connectivity index (χ1) is 7.61. The number of carboxylic acids is 1. The first kappa shape index (κ1) is 13.4. The highest BCUT2D eigenvalue weighted by Gasteiger charge is 2.24. The van der Waals surface area contributed by atoms with Crippen LogP contribution in [-0.4, -0.2) is 60.4 Å². The van der Waals surface area contributed by atoms with Crippen molar-refractivity contribution in [3.05, 3.63) is 0 Å². The van der Waals surface area contributed by atoms with Crippen LogP contribution in [-0.2, 0) is 4.79 Å². The van der Waals surface area contributed by atoms with E-state index in [2.05, 4.69) is 17.3 Å². The lowest BCUT2D eigenvalue weighted by molar-refractivity contribution is -0.137. The van der Waals surface area contributed by atoms with Gasteiger partial charge < -0.3 is 20.4 Å². The van der Waals surface area contributed by atoms with E-state index in [9.17, 15) is 4.79 Å². The van der Waals surface area contributed by atoms with E-state index in [1.807, 2.05) is 0 Å². The second-order valence-corrected chi connectivity index (χ2v) is 4.63. The Morgan fingerprint density at radius 3 is 2.88 bits per heavy atom. The fourth-order valence-corrected chi connectivity index (χ4v) is 2.40. The molecule has 2 unspecified atom stereocenters. The predicted molar refractivity (Wildman–Crippen MR) is 61.4 cm³/mol. The van der Waals surface area contributed by atoms with Gasteiger partial charge in [0.15, 0.2) is 0 Å². The van der Waals surface area contributed by atoms with Gasteiger partial charge in [0.2, 0.25) is 0 Å². The Balaban J connectivity index is 2.32. The number of nitrogens with one attached hydrogen (secondary N) is 1. The van der Waals surface area contributed by atoms with Gasteiger partial charge in [0.05, 0.1) is 6.61 Å². The van der Waals surface area contributed by atoms with Gasteiger partial charge in [-0.25, -0.2) is 0 Å². The van der Waals surface area contributed by atoms with E-state index in [1.54, 1.807) is 0 Å². The Morgan fingerprint density at radius 1 is 1.50 bits per heavy atom. The van der Waals surface area contributed by atoms with Crippen LogP contribution in [0.15, 0.2) is 0 Å². The van der Waals surface area contributed by atoms with Gasteiger partial charge in [0.1, 0.15) is 0 Å². The van der Waals surface area contributed by atoms with Crippen molar-refractivity contribution in [2.75, 3.05) is 33.3 Å². The van der Waals surface area contributed by atoms with Gasteiger partial charge in [-0.3, -0.25) is 4.79 Å². The van der Waals surface area contributed by atoms with Gasteiger partial charge >= 0.3 is 5.97 Å². The molecule has 5 nitrogen and oxygen atoms in total. The second-order valence-electron chi connectivity index (χ2n) is 4.63. The summed E-state index contributed by atoms with van der Waals surface area (Å²) >= 11 is 0. The third kappa shape index (κ3) is 4.92. The summed E-state index contributed by atoms with van der Waals surface area (Å²) in [6.45, 7) is 2.72. The molecule has 5 heteroatoms. The quantitative estimate of drug-likeness (QED) is 0.587. The van der Waals surface area contributed by atoms with E-state index in [1.165, 1.54) is 0 Å². The molecule has 1 rings (SSSR count). The van der Waals surface area contributed by atoms with Gasteiger partial charge in [-0.05, 0) is 25.8 Å². The predicted octanol–water partition coefficient (Wildman–Crippen LogP) is -0.247. The molecule has 0 radical (unpaired) electrons. The van der Waals surface area contributed by atoms with E-state index in [0.717, 1.165) is 25.9 Å². The van der Waals surface area contributed by atoms with Crippen molar-refractivity contribution in [2.24, 2.45) is 5.92 Å². The van der Waals surface area contributed by atoms with Gasteiger partial charge in [0, 0.05) is 32.1 Å². The Labute approximate surface area is 96.4 Å².